The lowest BCUT2D eigenvalue weighted by Crippen LogP contribution is -2.32. The van der Waals surface area contributed by atoms with Crippen molar-refractivity contribution in [2.45, 2.75) is 25.4 Å². The molecule has 0 saturated carbocycles. The second-order valence-electron chi connectivity index (χ2n) is 6.76. The Balaban J connectivity index is 1.68. The Bertz CT molecular complexity index is 774. The van der Waals surface area contributed by atoms with E-state index in [1.807, 2.05) is 12.1 Å². The third-order valence-corrected chi connectivity index (χ3v) is 4.70. The van der Waals surface area contributed by atoms with Gasteiger partial charge in [-0.05, 0) is 49.2 Å². The van der Waals surface area contributed by atoms with Crippen LogP contribution in [-0.2, 0) is 11.3 Å². The van der Waals surface area contributed by atoms with Crippen LogP contribution in [0.3, 0.4) is 0 Å². The number of benzene rings is 1. The number of hydrogen-bond acceptors (Lipinski definition) is 4. The molecule has 0 radical (unpaired) electrons. The van der Waals surface area contributed by atoms with E-state index in [2.05, 4.69) is 10.3 Å². The van der Waals surface area contributed by atoms with E-state index in [1.54, 1.807) is 53.5 Å². The lowest BCUT2D eigenvalue weighted by atomic mass is 10.0. The van der Waals surface area contributed by atoms with Gasteiger partial charge in [0.1, 0.15) is 6.04 Å². The average molecular weight is 368 g/mol. The number of carboxylic acid groups (broad SMARTS) is 1. The number of carbonyl (C=O) groups is 2. The molecule has 1 saturated heterocycles. The molecule has 1 aliphatic rings. The molecule has 27 heavy (non-hydrogen) atoms. The second kappa shape index (κ2) is 8.64. The Hall–Kier alpha value is -2.93. The third kappa shape index (κ3) is 4.83. The molecule has 3 rings (SSSR count). The first kappa shape index (κ1) is 18.8. The molecular weight excluding hydrogens is 344 g/mol. The van der Waals surface area contributed by atoms with Gasteiger partial charge in [0.2, 0.25) is 0 Å². The quantitative estimate of drug-likeness (QED) is 0.819. The zero-order chi connectivity index (χ0) is 19.2. The van der Waals surface area contributed by atoms with Crippen LogP contribution in [0.5, 0.6) is 0 Å². The number of urea groups is 1. The molecule has 2 N–H and O–H groups in total. The summed E-state index contributed by atoms with van der Waals surface area (Å²) >= 11 is 0. The van der Waals surface area contributed by atoms with Crippen molar-refractivity contribution in [1.82, 2.24) is 14.8 Å². The molecule has 2 aromatic rings. The van der Waals surface area contributed by atoms with Crippen LogP contribution in [0.15, 0.2) is 48.8 Å². The third-order valence-electron chi connectivity index (χ3n) is 4.70. The van der Waals surface area contributed by atoms with E-state index in [0.717, 1.165) is 31.5 Å². The van der Waals surface area contributed by atoms with Gasteiger partial charge < -0.3 is 15.3 Å². The Morgan fingerprint density at radius 1 is 1.22 bits per heavy atom. The van der Waals surface area contributed by atoms with Crippen molar-refractivity contribution in [3.8, 4) is 0 Å². The first-order valence-corrected chi connectivity index (χ1v) is 9.02. The molecular formula is C20H24N4O3. The SMILES string of the molecule is CN(Cc1cccnc1)C(C(=O)O)c1ccc(NC(=O)N2CCCC2)cc1. The highest BCUT2D eigenvalue weighted by Crippen LogP contribution is 2.23. The maximum atomic E-state index is 12.2. The first-order valence-electron chi connectivity index (χ1n) is 9.02. The molecule has 0 aliphatic carbocycles. The number of likely N-dealkylation sites (N-methyl/N-ethyl adjacent to an activating group) is 1. The number of nitrogens with one attached hydrogen (secondary N) is 1. The van der Waals surface area contributed by atoms with E-state index in [4.69, 9.17) is 0 Å². The van der Waals surface area contributed by atoms with E-state index in [0.29, 0.717) is 17.8 Å². The van der Waals surface area contributed by atoms with Crippen LogP contribution in [0.4, 0.5) is 10.5 Å². The van der Waals surface area contributed by atoms with E-state index in [9.17, 15) is 14.7 Å². The number of amides is 2. The summed E-state index contributed by atoms with van der Waals surface area (Å²) in [5.74, 6) is -0.921. The number of nitrogens with zero attached hydrogens (tertiary/aromatic N) is 3. The monoisotopic (exact) mass is 368 g/mol. The van der Waals surface area contributed by atoms with Crippen LogP contribution in [0.25, 0.3) is 0 Å². The number of aromatic nitrogens is 1. The van der Waals surface area contributed by atoms with Gasteiger partial charge in [0.05, 0.1) is 0 Å². The normalized spacial score (nSPS) is 15.0. The number of carbonyl (C=O) groups excluding carboxylic acids is 1. The van der Waals surface area contributed by atoms with Crippen LogP contribution in [0, 0.1) is 0 Å². The van der Waals surface area contributed by atoms with E-state index < -0.39 is 12.0 Å². The highest BCUT2D eigenvalue weighted by molar-refractivity contribution is 5.89. The number of rotatable bonds is 6. The van der Waals surface area contributed by atoms with Crippen molar-refractivity contribution in [2.75, 3.05) is 25.5 Å². The molecule has 1 atom stereocenters. The predicted molar refractivity (Wildman–Crippen MR) is 102 cm³/mol. The molecule has 7 nitrogen and oxygen atoms in total. The van der Waals surface area contributed by atoms with Crippen molar-refractivity contribution in [3.63, 3.8) is 0 Å². The molecule has 2 heterocycles. The highest BCUT2D eigenvalue weighted by Gasteiger charge is 2.25. The summed E-state index contributed by atoms with van der Waals surface area (Å²) in [5.41, 5.74) is 2.27. The Labute approximate surface area is 158 Å². The van der Waals surface area contributed by atoms with Crippen LogP contribution >= 0.6 is 0 Å². The fourth-order valence-electron chi connectivity index (χ4n) is 3.33. The van der Waals surface area contributed by atoms with Crippen molar-refractivity contribution < 1.29 is 14.7 Å². The fourth-order valence-corrected chi connectivity index (χ4v) is 3.33. The zero-order valence-electron chi connectivity index (χ0n) is 15.3. The van der Waals surface area contributed by atoms with Gasteiger partial charge in [-0.15, -0.1) is 0 Å². The van der Waals surface area contributed by atoms with Crippen molar-refractivity contribution >= 4 is 17.7 Å². The summed E-state index contributed by atoms with van der Waals surface area (Å²) in [6.07, 6.45) is 5.49. The van der Waals surface area contributed by atoms with Gasteiger partial charge in [-0.1, -0.05) is 18.2 Å². The van der Waals surface area contributed by atoms with Crippen LogP contribution in [-0.4, -0.2) is 52.0 Å². The topological polar surface area (TPSA) is 85.8 Å². The molecule has 0 bridgehead atoms. The minimum atomic E-state index is -0.921. The fraction of sp³-hybridized carbons (Fsp3) is 0.350. The standard InChI is InChI=1S/C20H24N4O3/c1-23(14-15-5-4-10-21-13-15)18(19(25)26)16-6-8-17(9-7-16)22-20(27)24-11-2-3-12-24/h4-10,13,18H,2-3,11-12,14H2,1H3,(H,22,27)(H,25,26). The van der Waals surface area contributed by atoms with Crippen molar-refractivity contribution in [3.05, 3.63) is 59.9 Å². The van der Waals surface area contributed by atoms with Gasteiger partial charge in [0, 0.05) is 37.7 Å². The number of aliphatic carboxylic acids is 1. The van der Waals surface area contributed by atoms with Crippen LogP contribution < -0.4 is 5.32 Å². The van der Waals surface area contributed by atoms with E-state index in [-0.39, 0.29) is 6.03 Å². The molecule has 142 valence electrons. The molecule has 1 aromatic carbocycles. The minimum absolute atomic E-state index is 0.108. The number of likely N-dealkylation sites (tertiary alicyclic amines) is 1. The zero-order valence-corrected chi connectivity index (χ0v) is 15.3. The van der Waals surface area contributed by atoms with Gasteiger partial charge in [0.25, 0.3) is 0 Å². The van der Waals surface area contributed by atoms with Gasteiger partial charge in [-0.2, -0.15) is 0 Å². The summed E-state index contributed by atoms with van der Waals surface area (Å²) in [5, 5.41) is 12.6. The average Bonchev–Trinajstić information content (AvgIpc) is 3.19. The second-order valence-corrected chi connectivity index (χ2v) is 6.76. The Kier molecular flexibility index (Phi) is 6.03. The maximum absolute atomic E-state index is 12.2. The highest BCUT2D eigenvalue weighted by atomic mass is 16.4. The molecule has 1 aliphatic heterocycles. The number of hydrogen-bond donors (Lipinski definition) is 2. The van der Waals surface area contributed by atoms with Crippen LogP contribution in [0.2, 0.25) is 0 Å². The van der Waals surface area contributed by atoms with Crippen LogP contribution in [0.1, 0.15) is 30.0 Å². The van der Waals surface area contributed by atoms with Gasteiger partial charge >= 0.3 is 12.0 Å². The predicted octanol–water partition coefficient (Wildman–Crippen LogP) is 2.97. The summed E-state index contributed by atoms with van der Waals surface area (Å²) in [6.45, 7) is 2.03. The molecule has 0 spiro atoms. The largest absolute Gasteiger partial charge is 0.480 e. The summed E-state index contributed by atoms with van der Waals surface area (Å²) in [7, 11) is 1.77. The summed E-state index contributed by atoms with van der Waals surface area (Å²) in [6, 6.07) is 9.85. The van der Waals surface area contributed by atoms with E-state index in [1.165, 1.54) is 0 Å². The Morgan fingerprint density at radius 3 is 2.52 bits per heavy atom. The lowest BCUT2D eigenvalue weighted by molar-refractivity contribution is -0.143. The summed E-state index contributed by atoms with van der Waals surface area (Å²) < 4.78 is 0. The van der Waals surface area contributed by atoms with E-state index >= 15 is 0 Å². The Morgan fingerprint density at radius 2 is 1.93 bits per heavy atom. The summed E-state index contributed by atoms with van der Waals surface area (Å²) in [4.78, 5) is 31.6. The van der Waals surface area contributed by atoms with Crippen molar-refractivity contribution in [1.29, 1.82) is 0 Å². The number of pyridine rings is 1. The molecule has 1 aromatic heterocycles. The van der Waals surface area contributed by atoms with Crippen molar-refractivity contribution in [2.24, 2.45) is 0 Å². The van der Waals surface area contributed by atoms with Gasteiger partial charge in [-0.3, -0.25) is 14.7 Å². The maximum Gasteiger partial charge on any atom is 0.325 e. The lowest BCUT2D eigenvalue weighted by Gasteiger charge is -2.25. The smallest absolute Gasteiger partial charge is 0.325 e. The van der Waals surface area contributed by atoms with Gasteiger partial charge in [-0.25, -0.2) is 4.79 Å². The number of anilines is 1. The molecule has 2 amide bonds. The molecule has 1 fully saturated rings. The molecule has 1 unspecified atom stereocenters. The molecule has 7 heteroatoms. The minimum Gasteiger partial charge on any atom is -0.480 e. The van der Waals surface area contributed by atoms with Gasteiger partial charge in [0.15, 0.2) is 0 Å². The number of carboxylic acids is 1. The first-order chi connectivity index (χ1) is 13.0.